The van der Waals surface area contributed by atoms with E-state index in [4.69, 9.17) is 0 Å². The van der Waals surface area contributed by atoms with Gasteiger partial charge in [-0.1, -0.05) is 30.3 Å². The predicted octanol–water partition coefficient (Wildman–Crippen LogP) is 2.53. The number of aryl methyl sites for hydroxylation is 1. The van der Waals surface area contributed by atoms with Gasteiger partial charge in [-0.3, -0.25) is 4.90 Å². The number of aromatic nitrogens is 1. The molecule has 2 aromatic rings. The zero-order valence-electron chi connectivity index (χ0n) is 13.3. The van der Waals surface area contributed by atoms with E-state index in [1.165, 1.54) is 5.56 Å². The van der Waals surface area contributed by atoms with Crippen LogP contribution in [-0.2, 0) is 13.1 Å². The Morgan fingerprint density at radius 2 is 2.22 bits per heavy atom. The Labute approximate surface area is 140 Å². The minimum absolute atomic E-state index is 0.109. The second-order valence-electron chi connectivity index (χ2n) is 5.89. The fourth-order valence-electron chi connectivity index (χ4n) is 2.83. The maximum Gasteiger partial charge on any atom is 0.315 e. The highest BCUT2D eigenvalue weighted by Gasteiger charge is 2.23. The molecule has 1 saturated heterocycles. The molecule has 23 heavy (non-hydrogen) atoms. The molecule has 0 saturated carbocycles. The summed E-state index contributed by atoms with van der Waals surface area (Å²) in [6.45, 7) is 5.31. The summed E-state index contributed by atoms with van der Waals surface area (Å²) in [5.41, 5.74) is 2.23. The SMILES string of the molecule is Cc1nc(CNC(=O)N[C@@H]2CCN(Cc3ccccc3)C2)cs1. The fourth-order valence-corrected chi connectivity index (χ4v) is 3.44. The van der Waals surface area contributed by atoms with Crippen LogP contribution < -0.4 is 10.6 Å². The van der Waals surface area contributed by atoms with Crippen LogP contribution in [0.1, 0.15) is 22.7 Å². The molecule has 2 amide bonds. The smallest absolute Gasteiger partial charge is 0.315 e. The molecule has 0 unspecified atom stereocenters. The molecule has 0 spiro atoms. The van der Waals surface area contributed by atoms with E-state index in [1.54, 1.807) is 11.3 Å². The number of carbonyl (C=O) groups excluding carboxylic acids is 1. The molecule has 0 radical (unpaired) electrons. The first kappa shape index (κ1) is 16.0. The van der Waals surface area contributed by atoms with Crippen molar-refractivity contribution in [3.63, 3.8) is 0 Å². The molecule has 2 N–H and O–H groups in total. The number of nitrogens with zero attached hydrogens (tertiary/aromatic N) is 2. The Morgan fingerprint density at radius 3 is 2.96 bits per heavy atom. The number of thiazole rings is 1. The number of likely N-dealkylation sites (tertiary alicyclic amines) is 1. The molecule has 1 fully saturated rings. The summed E-state index contributed by atoms with van der Waals surface area (Å²) in [4.78, 5) is 18.7. The van der Waals surface area contributed by atoms with Crippen molar-refractivity contribution in [3.05, 3.63) is 52.0 Å². The summed E-state index contributed by atoms with van der Waals surface area (Å²) >= 11 is 1.60. The monoisotopic (exact) mass is 330 g/mol. The largest absolute Gasteiger partial charge is 0.334 e. The highest BCUT2D eigenvalue weighted by atomic mass is 32.1. The van der Waals surface area contributed by atoms with Crippen molar-refractivity contribution in [2.24, 2.45) is 0 Å². The van der Waals surface area contributed by atoms with Gasteiger partial charge in [0.05, 0.1) is 17.2 Å². The topological polar surface area (TPSA) is 57.3 Å². The van der Waals surface area contributed by atoms with E-state index in [-0.39, 0.29) is 12.1 Å². The lowest BCUT2D eigenvalue weighted by molar-refractivity contribution is 0.235. The van der Waals surface area contributed by atoms with Crippen LogP contribution in [0.4, 0.5) is 4.79 Å². The van der Waals surface area contributed by atoms with Gasteiger partial charge in [0.2, 0.25) is 0 Å². The molecule has 1 aromatic carbocycles. The maximum atomic E-state index is 12.0. The molecule has 122 valence electrons. The molecule has 1 aromatic heterocycles. The van der Waals surface area contributed by atoms with Crippen molar-refractivity contribution < 1.29 is 4.79 Å². The molecule has 6 heteroatoms. The normalized spacial score (nSPS) is 18.0. The maximum absolute atomic E-state index is 12.0. The van der Waals surface area contributed by atoms with Crippen LogP contribution in [0.15, 0.2) is 35.7 Å². The number of benzene rings is 1. The molecular weight excluding hydrogens is 308 g/mol. The zero-order valence-corrected chi connectivity index (χ0v) is 14.1. The van der Waals surface area contributed by atoms with E-state index in [9.17, 15) is 4.79 Å². The second kappa shape index (κ2) is 7.57. The third-order valence-electron chi connectivity index (χ3n) is 3.95. The molecule has 5 nitrogen and oxygen atoms in total. The van der Waals surface area contributed by atoms with Gasteiger partial charge in [0.1, 0.15) is 0 Å². The van der Waals surface area contributed by atoms with Gasteiger partial charge < -0.3 is 10.6 Å². The van der Waals surface area contributed by atoms with E-state index in [0.717, 1.165) is 36.8 Å². The lowest BCUT2D eigenvalue weighted by atomic mass is 10.2. The van der Waals surface area contributed by atoms with Gasteiger partial charge in [-0.25, -0.2) is 9.78 Å². The van der Waals surface area contributed by atoms with E-state index < -0.39 is 0 Å². The van der Waals surface area contributed by atoms with Gasteiger partial charge in [-0.2, -0.15) is 0 Å². The zero-order chi connectivity index (χ0) is 16.1. The molecule has 1 atom stereocenters. The minimum Gasteiger partial charge on any atom is -0.334 e. The summed E-state index contributed by atoms with van der Waals surface area (Å²) in [5, 5.41) is 8.94. The second-order valence-corrected chi connectivity index (χ2v) is 6.95. The van der Waals surface area contributed by atoms with Crippen molar-refractivity contribution >= 4 is 17.4 Å². The predicted molar refractivity (Wildman–Crippen MR) is 92.3 cm³/mol. The molecular formula is C17H22N4OS. The minimum atomic E-state index is -0.109. The van der Waals surface area contributed by atoms with E-state index in [2.05, 4.69) is 44.8 Å². The molecule has 0 aliphatic carbocycles. The van der Waals surface area contributed by atoms with Gasteiger partial charge in [0.25, 0.3) is 0 Å². The summed E-state index contributed by atoms with van der Waals surface area (Å²) in [5.74, 6) is 0. The number of rotatable bonds is 5. The lowest BCUT2D eigenvalue weighted by Gasteiger charge is -2.17. The average Bonchev–Trinajstić information content (AvgIpc) is 3.15. The van der Waals surface area contributed by atoms with Crippen LogP contribution in [0.25, 0.3) is 0 Å². The Balaban J connectivity index is 1.40. The number of hydrogen-bond donors (Lipinski definition) is 2. The van der Waals surface area contributed by atoms with Crippen LogP contribution in [0, 0.1) is 6.92 Å². The van der Waals surface area contributed by atoms with Crippen molar-refractivity contribution in [1.82, 2.24) is 20.5 Å². The van der Waals surface area contributed by atoms with Crippen LogP contribution in [0.5, 0.6) is 0 Å². The number of urea groups is 1. The number of nitrogens with one attached hydrogen (secondary N) is 2. The van der Waals surface area contributed by atoms with E-state index >= 15 is 0 Å². The Kier molecular flexibility index (Phi) is 5.25. The van der Waals surface area contributed by atoms with Crippen molar-refractivity contribution in [1.29, 1.82) is 0 Å². The molecule has 1 aliphatic rings. The Morgan fingerprint density at radius 1 is 1.39 bits per heavy atom. The van der Waals surface area contributed by atoms with Crippen LogP contribution in [0.3, 0.4) is 0 Å². The lowest BCUT2D eigenvalue weighted by Crippen LogP contribution is -2.43. The van der Waals surface area contributed by atoms with Gasteiger partial charge in [0, 0.05) is 31.1 Å². The third kappa shape index (κ3) is 4.77. The molecule has 0 bridgehead atoms. The Bertz CT molecular complexity index is 643. The molecule has 3 rings (SSSR count). The molecule has 2 heterocycles. The third-order valence-corrected chi connectivity index (χ3v) is 4.78. The van der Waals surface area contributed by atoms with E-state index in [0.29, 0.717) is 6.54 Å². The summed E-state index contributed by atoms with van der Waals surface area (Å²) in [7, 11) is 0. The van der Waals surface area contributed by atoms with Crippen LogP contribution in [-0.4, -0.2) is 35.0 Å². The first-order valence-corrected chi connectivity index (χ1v) is 8.78. The summed E-state index contributed by atoms with van der Waals surface area (Å²) < 4.78 is 0. The highest BCUT2D eigenvalue weighted by molar-refractivity contribution is 7.09. The van der Waals surface area contributed by atoms with Gasteiger partial charge in [0.15, 0.2) is 0 Å². The van der Waals surface area contributed by atoms with Crippen molar-refractivity contribution in [2.45, 2.75) is 32.5 Å². The first-order valence-electron chi connectivity index (χ1n) is 7.91. The Hall–Kier alpha value is -1.92. The van der Waals surface area contributed by atoms with Crippen LogP contribution in [0.2, 0.25) is 0 Å². The number of amides is 2. The highest BCUT2D eigenvalue weighted by Crippen LogP contribution is 2.13. The summed E-state index contributed by atoms with van der Waals surface area (Å²) in [6, 6.07) is 10.6. The first-order chi connectivity index (χ1) is 11.2. The van der Waals surface area contributed by atoms with Gasteiger partial charge in [-0.05, 0) is 18.9 Å². The van der Waals surface area contributed by atoms with Crippen LogP contribution >= 0.6 is 11.3 Å². The van der Waals surface area contributed by atoms with Crippen molar-refractivity contribution in [2.75, 3.05) is 13.1 Å². The van der Waals surface area contributed by atoms with Gasteiger partial charge in [-0.15, -0.1) is 11.3 Å². The standard InChI is InChI=1S/C17H22N4OS/c1-13-19-16(12-23-13)9-18-17(22)20-15-7-8-21(11-15)10-14-5-3-2-4-6-14/h2-6,12,15H,7-11H2,1H3,(H2,18,20,22)/t15-/m1/s1. The number of carbonyl (C=O) groups is 1. The fraction of sp³-hybridized carbons (Fsp3) is 0.412. The average molecular weight is 330 g/mol. The molecule has 1 aliphatic heterocycles. The van der Waals surface area contributed by atoms with Gasteiger partial charge >= 0.3 is 6.03 Å². The number of hydrogen-bond acceptors (Lipinski definition) is 4. The quantitative estimate of drug-likeness (QED) is 0.886. The van der Waals surface area contributed by atoms with E-state index in [1.807, 2.05) is 18.4 Å². The summed E-state index contributed by atoms with van der Waals surface area (Å²) in [6.07, 6.45) is 0.996. The van der Waals surface area contributed by atoms with Crippen molar-refractivity contribution in [3.8, 4) is 0 Å².